The number of aliphatic hydroxyl groups excluding tert-OH is 1. The molecule has 0 atom stereocenters. The summed E-state index contributed by atoms with van der Waals surface area (Å²) in [7, 11) is 0. The normalized spacial score (nSPS) is 10.2. The van der Waals surface area contributed by atoms with Gasteiger partial charge in [-0.1, -0.05) is 30.3 Å². The van der Waals surface area contributed by atoms with Gasteiger partial charge in [0.15, 0.2) is 0 Å². The summed E-state index contributed by atoms with van der Waals surface area (Å²) in [5.41, 5.74) is 6.98. The van der Waals surface area contributed by atoms with Crippen molar-refractivity contribution in [3.05, 3.63) is 59.8 Å². The Hall–Kier alpha value is -2.40. The first-order valence-corrected chi connectivity index (χ1v) is 6.36. The molecular formula is C15H17N3O2. The predicted molar refractivity (Wildman–Crippen MR) is 76.9 cm³/mol. The van der Waals surface area contributed by atoms with Crippen LogP contribution < -0.4 is 5.73 Å². The molecule has 2 rings (SSSR count). The molecule has 1 aromatic carbocycles. The van der Waals surface area contributed by atoms with Crippen molar-refractivity contribution in [1.29, 1.82) is 0 Å². The fourth-order valence-corrected chi connectivity index (χ4v) is 1.89. The van der Waals surface area contributed by atoms with Gasteiger partial charge in [0.2, 0.25) is 0 Å². The zero-order valence-corrected chi connectivity index (χ0v) is 11.1. The zero-order valence-electron chi connectivity index (χ0n) is 11.1. The Bertz CT molecular complexity index is 555. The Morgan fingerprint density at radius 1 is 1.20 bits per heavy atom. The average molecular weight is 271 g/mol. The van der Waals surface area contributed by atoms with E-state index < -0.39 is 0 Å². The molecule has 0 bridgehead atoms. The van der Waals surface area contributed by atoms with Gasteiger partial charge in [-0.2, -0.15) is 0 Å². The van der Waals surface area contributed by atoms with Gasteiger partial charge >= 0.3 is 0 Å². The van der Waals surface area contributed by atoms with Crippen molar-refractivity contribution >= 4 is 11.7 Å². The van der Waals surface area contributed by atoms with E-state index in [9.17, 15) is 4.79 Å². The minimum Gasteiger partial charge on any atom is -0.395 e. The Morgan fingerprint density at radius 2 is 1.95 bits per heavy atom. The molecule has 5 heteroatoms. The summed E-state index contributed by atoms with van der Waals surface area (Å²) in [6.45, 7) is 0.643. The number of rotatable bonds is 5. The third kappa shape index (κ3) is 3.55. The van der Waals surface area contributed by atoms with Gasteiger partial charge in [-0.05, 0) is 17.7 Å². The summed E-state index contributed by atoms with van der Waals surface area (Å²) in [5.74, 6) is 0.203. The lowest BCUT2D eigenvalue weighted by Gasteiger charge is -2.21. The number of hydrogen-bond acceptors (Lipinski definition) is 4. The van der Waals surface area contributed by atoms with Crippen LogP contribution in [0.3, 0.4) is 0 Å². The molecule has 0 fully saturated rings. The maximum atomic E-state index is 12.4. The van der Waals surface area contributed by atoms with Crippen LogP contribution in [0.25, 0.3) is 0 Å². The molecule has 3 N–H and O–H groups in total. The number of carbonyl (C=O) groups excluding carboxylic acids is 1. The fraction of sp³-hybridized carbons (Fsp3) is 0.200. The monoisotopic (exact) mass is 271 g/mol. The van der Waals surface area contributed by atoms with Crippen LogP contribution in [-0.4, -0.2) is 34.0 Å². The van der Waals surface area contributed by atoms with Crippen LogP contribution in [0.15, 0.2) is 48.7 Å². The van der Waals surface area contributed by atoms with E-state index in [4.69, 9.17) is 10.8 Å². The third-order valence-corrected chi connectivity index (χ3v) is 2.91. The molecular weight excluding hydrogens is 254 g/mol. The second-order valence-corrected chi connectivity index (χ2v) is 4.41. The summed E-state index contributed by atoms with van der Waals surface area (Å²) in [5, 5.41) is 9.13. The summed E-state index contributed by atoms with van der Waals surface area (Å²) >= 11 is 0. The highest BCUT2D eigenvalue weighted by atomic mass is 16.3. The molecule has 0 saturated heterocycles. The zero-order chi connectivity index (χ0) is 14.4. The topological polar surface area (TPSA) is 79.5 Å². The van der Waals surface area contributed by atoms with Crippen LogP contribution in [0.4, 0.5) is 5.82 Å². The van der Waals surface area contributed by atoms with Crippen LogP contribution in [0.1, 0.15) is 15.9 Å². The molecule has 1 heterocycles. The van der Waals surface area contributed by atoms with Crippen molar-refractivity contribution in [3.8, 4) is 0 Å². The molecule has 0 saturated carbocycles. The highest BCUT2D eigenvalue weighted by Gasteiger charge is 2.15. The van der Waals surface area contributed by atoms with Gasteiger partial charge in [0.05, 0.1) is 12.2 Å². The smallest absolute Gasteiger partial charge is 0.255 e. The van der Waals surface area contributed by atoms with E-state index in [-0.39, 0.29) is 19.1 Å². The Labute approximate surface area is 117 Å². The highest BCUT2D eigenvalue weighted by Crippen LogP contribution is 2.10. The van der Waals surface area contributed by atoms with Gasteiger partial charge in [-0.25, -0.2) is 4.98 Å². The Balaban J connectivity index is 2.15. The number of hydrogen-bond donors (Lipinski definition) is 2. The van der Waals surface area contributed by atoms with Crippen molar-refractivity contribution in [2.45, 2.75) is 6.54 Å². The molecule has 20 heavy (non-hydrogen) atoms. The SMILES string of the molecule is Nc1ccc(C(=O)N(CCO)Cc2ccccc2)cn1. The number of nitrogen functional groups attached to an aromatic ring is 1. The highest BCUT2D eigenvalue weighted by molar-refractivity contribution is 5.94. The second kappa shape index (κ2) is 6.68. The number of benzene rings is 1. The maximum absolute atomic E-state index is 12.4. The summed E-state index contributed by atoms with van der Waals surface area (Å²) in [6, 6.07) is 12.9. The molecule has 0 aliphatic rings. The van der Waals surface area contributed by atoms with Crippen molar-refractivity contribution in [3.63, 3.8) is 0 Å². The van der Waals surface area contributed by atoms with Gasteiger partial charge in [0, 0.05) is 19.3 Å². The molecule has 0 radical (unpaired) electrons. The largest absolute Gasteiger partial charge is 0.395 e. The van der Waals surface area contributed by atoms with E-state index in [0.717, 1.165) is 5.56 Å². The van der Waals surface area contributed by atoms with E-state index >= 15 is 0 Å². The lowest BCUT2D eigenvalue weighted by molar-refractivity contribution is 0.0707. The molecule has 0 aliphatic carbocycles. The number of pyridine rings is 1. The molecule has 1 aromatic heterocycles. The van der Waals surface area contributed by atoms with E-state index in [1.165, 1.54) is 6.20 Å². The van der Waals surface area contributed by atoms with E-state index in [2.05, 4.69) is 4.98 Å². The van der Waals surface area contributed by atoms with E-state index in [0.29, 0.717) is 17.9 Å². The Kier molecular flexibility index (Phi) is 4.68. The number of aromatic nitrogens is 1. The van der Waals surface area contributed by atoms with Crippen LogP contribution in [0.5, 0.6) is 0 Å². The average Bonchev–Trinajstić information content (AvgIpc) is 2.48. The van der Waals surface area contributed by atoms with Crippen LogP contribution in [0, 0.1) is 0 Å². The van der Waals surface area contributed by atoms with Gasteiger partial charge in [0.1, 0.15) is 5.82 Å². The van der Waals surface area contributed by atoms with Crippen molar-refractivity contribution in [2.75, 3.05) is 18.9 Å². The summed E-state index contributed by atoms with van der Waals surface area (Å²) in [4.78, 5) is 17.9. The number of anilines is 1. The third-order valence-electron chi connectivity index (χ3n) is 2.91. The lowest BCUT2D eigenvalue weighted by Crippen LogP contribution is -2.33. The predicted octanol–water partition coefficient (Wildman–Crippen LogP) is 1.30. The fourth-order valence-electron chi connectivity index (χ4n) is 1.89. The molecule has 0 aliphatic heterocycles. The lowest BCUT2D eigenvalue weighted by atomic mass is 10.2. The molecule has 2 aromatic rings. The number of nitrogens with two attached hydrogens (primary N) is 1. The van der Waals surface area contributed by atoms with Gasteiger partial charge in [0.25, 0.3) is 5.91 Å². The van der Waals surface area contributed by atoms with Gasteiger partial charge in [-0.15, -0.1) is 0 Å². The molecule has 0 unspecified atom stereocenters. The van der Waals surface area contributed by atoms with Crippen molar-refractivity contribution < 1.29 is 9.90 Å². The first-order valence-electron chi connectivity index (χ1n) is 6.36. The van der Waals surface area contributed by atoms with E-state index in [1.54, 1.807) is 17.0 Å². The van der Waals surface area contributed by atoms with E-state index in [1.807, 2.05) is 30.3 Å². The first kappa shape index (κ1) is 14.0. The van der Waals surface area contributed by atoms with Gasteiger partial charge in [-0.3, -0.25) is 4.79 Å². The number of aliphatic hydroxyl groups is 1. The maximum Gasteiger partial charge on any atom is 0.255 e. The second-order valence-electron chi connectivity index (χ2n) is 4.41. The molecule has 104 valence electrons. The van der Waals surface area contributed by atoms with Gasteiger partial charge < -0.3 is 15.7 Å². The summed E-state index contributed by atoms with van der Waals surface area (Å²) in [6.07, 6.45) is 1.45. The quantitative estimate of drug-likeness (QED) is 0.859. The summed E-state index contributed by atoms with van der Waals surface area (Å²) < 4.78 is 0. The van der Waals surface area contributed by atoms with Crippen molar-refractivity contribution in [2.24, 2.45) is 0 Å². The standard InChI is InChI=1S/C15H17N3O2/c16-14-7-6-13(10-17-14)15(20)18(8-9-19)11-12-4-2-1-3-5-12/h1-7,10,19H,8-9,11H2,(H2,16,17). The van der Waals surface area contributed by atoms with Crippen molar-refractivity contribution in [1.82, 2.24) is 9.88 Å². The van der Waals surface area contributed by atoms with Crippen LogP contribution >= 0.6 is 0 Å². The molecule has 0 spiro atoms. The number of nitrogens with zero attached hydrogens (tertiary/aromatic N) is 2. The molecule has 5 nitrogen and oxygen atoms in total. The minimum absolute atomic E-state index is 0.0824. The van der Waals surface area contributed by atoms with Crippen LogP contribution in [-0.2, 0) is 6.54 Å². The Morgan fingerprint density at radius 3 is 2.55 bits per heavy atom. The number of carbonyl (C=O) groups is 1. The number of amides is 1. The minimum atomic E-state index is -0.171. The first-order chi connectivity index (χ1) is 9.70. The van der Waals surface area contributed by atoms with Crippen LogP contribution in [0.2, 0.25) is 0 Å². The molecule has 1 amide bonds.